The van der Waals surface area contributed by atoms with Crippen LogP contribution < -0.4 is 5.32 Å². The Morgan fingerprint density at radius 1 is 1.03 bits per heavy atom. The van der Waals surface area contributed by atoms with Gasteiger partial charge >= 0.3 is 0 Å². The Morgan fingerprint density at radius 3 is 2.52 bits per heavy atom. The van der Waals surface area contributed by atoms with E-state index >= 15 is 0 Å². The second kappa shape index (κ2) is 9.32. The quantitative estimate of drug-likeness (QED) is 0.403. The van der Waals surface area contributed by atoms with Crippen LogP contribution in [0.2, 0.25) is 5.02 Å². The average Bonchev–Trinajstić information content (AvgIpc) is 3.20. The highest BCUT2D eigenvalue weighted by atomic mass is 35.5. The number of hydrogen-bond donors (Lipinski definition) is 1. The van der Waals surface area contributed by atoms with Gasteiger partial charge in [-0.15, -0.1) is 10.2 Å². The number of anilines is 1. The maximum absolute atomic E-state index is 12.6. The predicted octanol–water partition coefficient (Wildman–Crippen LogP) is 5.33. The van der Waals surface area contributed by atoms with Crippen LogP contribution in [0.25, 0.3) is 17.1 Å². The van der Waals surface area contributed by atoms with Crippen molar-refractivity contribution in [2.24, 2.45) is 0 Å². The van der Waals surface area contributed by atoms with E-state index in [1.54, 1.807) is 12.4 Å². The molecule has 4 aromatic rings. The number of benzene rings is 2. The molecule has 0 spiro atoms. The highest BCUT2D eigenvalue weighted by molar-refractivity contribution is 7.99. The average molecular weight is 450 g/mol. The number of hydrogen-bond acceptors (Lipinski definition) is 5. The van der Waals surface area contributed by atoms with Gasteiger partial charge in [-0.2, -0.15) is 0 Å². The van der Waals surface area contributed by atoms with Crippen LogP contribution >= 0.6 is 23.4 Å². The Morgan fingerprint density at radius 2 is 1.77 bits per heavy atom. The van der Waals surface area contributed by atoms with E-state index in [2.05, 4.69) is 20.5 Å². The highest BCUT2D eigenvalue weighted by Crippen LogP contribution is 2.28. The van der Waals surface area contributed by atoms with Crippen LogP contribution in [0.3, 0.4) is 0 Å². The monoisotopic (exact) mass is 449 g/mol. The molecule has 0 radical (unpaired) electrons. The van der Waals surface area contributed by atoms with Crippen molar-refractivity contribution in [2.45, 2.75) is 19.0 Å². The molecule has 8 heteroatoms. The van der Waals surface area contributed by atoms with E-state index in [9.17, 15) is 4.79 Å². The second-order valence-electron chi connectivity index (χ2n) is 7.01. The third-order valence-electron chi connectivity index (χ3n) is 4.66. The van der Waals surface area contributed by atoms with E-state index in [1.165, 1.54) is 11.8 Å². The van der Waals surface area contributed by atoms with Crippen LogP contribution in [0.4, 0.5) is 5.69 Å². The van der Waals surface area contributed by atoms with Gasteiger partial charge in [0.25, 0.3) is 0 Å². The van der Waals surface area contributed by atoms with Crippen molar-refractivity contribution in [3.8, 4) is 17.1 Å². The molecule has 2 aromatic carbocycles. The molecule has 0 atom stereocenters. The summed E-state index contributed by atoms with van der Waals surface area (Å²) < 4.78 is 1.92. The standard InChI is InChI=1S/C23H20ClN5OS/c1-15-3-4-16(2)20(13-15)26-21(30)14-31-23-28-27-22(17-9-11-25-12-10-17)29(23)19-7-5-18(24)6-8-19/h3-13H,14H2,1-2H3,(H,26,30). The van der Waals surface area contributed by atoms with Crippen molar-refractivity contribution in [3.05, 3.63) is 83.1 Å². The molecule has 1 N–H and O–H groups in total. The van der Waals surface area contributed by atoms with E-state index in [4.69, 9.17) is 11.6 Å². The zero-order chi connectivity index (χ0) is 21.8. The summed E-state index contributed by atoms with van der Waals surface area (Å²) in [5, 5.41) is 13.0. The summed E-state index contributed by atoms with van der Waals surface area (Å²) in [5.41, 5.74) is 4.68. The molecule has 0 saturated heterocycles. The topological polar surface area (TPSA) is 72.7 Å². The summed E-state index contributed by atoms with van der Waals surface area (Å²) >= 11 is 7.39. The first-order chi connectivity index (χ1) is 15.0. The lowest BCUT2D eigenvalue weighted by molar-refractivity contribution is -0.113. The minimum Gasteiger partial charge on any atom is -0.325 e. The number of amides is 1. The summed E-state index contributed by atoms with van der Waals surface area (Å²) in [6, 6.07) is 17.2. The molecule has 0 aliphatic heterocycles. The molecule has 4 rings (SSSR count). The van der Waals surface area contributed by atoms with Crippen molar-refractivity contribution in [1.29, 1.82) is 0 Å². The minimum atomic E-state index is -0.102. The van der Waals surface area contributed by atoms with Gasteiger partial charge in [0.1, 0.15) is 0 Å². The van der Waals surface area contributed by atoms with Gasteiger partial charge in [0.2, 0.25) is 5.91 Å². The molecule has 0 aliphatic rings. The van der Waals surface area contributed by atoms with Crippen LogP contribution in [0, 0.1) is 13.8 Å². The Balaban J connectivity index is 1.59. The molecule has 0 bridgehead atoms. The summed E-state index contributed by atoms with van der Waals surface area (Å²) in [4.78, 5) is 16.7. The maximum atomic E-state index is 12.6. The fourth-order valence-electron chi connectivity index (χ4n) is 3.06. The summed E-state index contributed by atoms with van der Waals surface area (Å²) in [7, 11) is 0. The molecule has 31 heavy (non-hydrogen) atoms. The van der Waals surface area contributed by atoms with Crippen molar-refractivity contribution in [3.63, 3.8) is 0 Å². The number of pyridine rings is 1. The first-order valence-electron chi connectivity index (χ1n) is 9.63. The first-order valence-corrected chi connectivity index (χ1v) is 11.0. The van der Waals surface area contributed by atoms with Gasteiger partial charge in [0, 0.05) is 34.4 Å². The van der Waals surface area contributed by atoms with E-state index in [0.717, 1.165) is 28.1 Å². The van der Waals surface area contributed by atoms with Gasteiger partial charge in [-0.3, -0.25) is 14.3 Å². The second-order valence-corrected chi connectivity index (χ2v) is 8.39. The van der Waals surface area contributed by atoms with Gasteiger partial charge in [-0.05, 0) is 67.4 Å². The summed E-state index contributed by atoms with van der Waals surface area (Å²) in [5.74, 6) is 0.770. The smallest absolute Gasteiger partial charge is 0.234 e. The predicted molar refractivity (Wildman–Crippen MR) is 125 cm³/mol. The zero-order valence-corrected chi connectivity index (χ0v) is 18.6. The molecule has 2 heterocycles. The summed E-state index contributed by atoms with van der Waals surface area (Å²) in [6.07, 6.45) is 3.42. The summed E-state index contributed by atoms with van der Waals surface area (Å²) in [6.45, 7) is 3.97. The van der Waals surface area contributed by atoms with E-state index < -0.39 is 0 Å². The molecular weight excluding hydrogens is 430 g/mol. The van der Waals surface area contributed by atoms with Crippen molar-refractivity contribution in [2.75, 3.05) is 11.1 Å². The molecular formula is C23H20ClN5OS. The number of thioether (sulfide) groups is 1. The van der Waals surface area contributed by atoms with E-state index in [1.807, 2.05) is 73.0 Å². The van der Waals surface area contributed by atoms with Crippen LogP contribution in [0.1, 0.15) is 11.1 Å². The van der Waals surface area contributed by atoms with E-state index in [0.29, 0.717) is 16.0 Å². The number of nitrogens with one attached hydrogen (secondary N) is 1. The van der Waals surface area contributed by atoms with Gasteiger partial charge in [0.05, 0.1) is 5.75 Å². The number of carbonyl (C=O) groups is 1. The number of aryl methyl sites for hydroxylation is 2. The largest absolute Gasteiger partial charge is 0.325 e. The molecule has 156 valence electrons. The highest BCUT2D eigenvalue weighted by Gasteiger charge is 2.17. The van der Waals surface area contributed by atoms with Gasteiger partial charge in [-0.25, -0.2) is 0 Å². The van der Waals surface area contributed by atoms with Gasteiger partial charge in [-0.1, -0.05) is 35.5 Å². The van der Waals surface area contributed by atoms with Crippen LogP contribution in [0.5, 0.6) is 0 Å². The third-order valence-corrected chi connectivity index (χ3v) is 5.84. The lowest BCUT2D eigenvalue weighted by Crippen LogP contribution is -2.15. The lowest BCUT2D eigenvalue weighted by Gasteiger charge is -2.11. The maximum Gasteiger partial charge on any atom is 0.234 e. The third kappa shape index (κ3) is 4.95. The Kier molecular flexibility index (Phi) is 6.34. The molecule has 1 amide bonds. The molecule has 0 aliphatic carbocycles. The Hall–Kier alpha value is -3.16. The number of halogens is 1. The minimum absolute atomic E-state index is 0.102. The SMILES string of the molecule is Cc1ccc(C)c(NC(=O)CSc2nnc(-c3ccncc3)n2-c2ccc(Cl)cc2)c1. The molecule has 2 aromatic heterocycles. The Labute approximate surface area is 189 Å². The van der Waals surface area contributed by atoms with E-state index in [-0.39, 0.29) is 11.7 Å². The van der Waals surface area contributed by atoms with Crippen molar-refractivity contribution < 1.29 is 4.79 Å². The number of aromatic nitrogens is 4. The molecule has 6 nitrogen and oxygen atoms in total. The molecule has 0 unspecified atom stereocenters. The van der Waals surface area contributed by atoms with Crippen LogP contribution in [0.15, 0.2) is 72.1 Å². The zero-order valence-electron chi connectivity index (χ0n) is 17.0. The fourth-order valence-corrected chi connectivity index (χ4v) is 3.94. The Bertz CT molecular complexity index is 1210. The number of carbonyl (C=O) groups excluding carboxylic acids is 1. The fraction of sp³-hybridized carbons (Fsp3) is 0.130. The molecule has 0 saturated carbocycles. The normalized spacial score (nSPS) is 10.8. The van der Waals surface area contributed by atoms with Crippen LogP contribution in [-0.2, 0) is 4.79 Å². The lowest BCUT2D eigenvalue weighted by atomic mass is 10.1. The number of nitrogens with zero attached hydrogens (tertiary/aromatic N) is 4. The van der Waals surface area contributed by atoms with Crippen molar-refractivity contribution in [1.82, 2.24) is 19.7 Å². The van der Waals surface area contributed by atoms with Gasteiger partial charge in [0.15, 0.2) is 11.0 Å². The van der Waals surface area contributed by atoms with Gasteiger partial charge < -0.3 is 5.32 Å². The molecule has 0 fully saturated rings. The van der Waals surface area contributed by atoms with Crippen molar-refractivity contribution >= 4 is 35.0 Å². The number of rotatable bonds is 6. The van der Waals surface area contributed by atoms with Crippen LogP contribution in [-0.4, -0.2) is 31.4 Å². The first kappa shape index (κ1) is 21.1.